The van der Waals surface area contributed by atoms with Crippen LogP contribution in [0, 0.1) is 5.92 Å². The molecule has 1 aromatic rings. The fourth-order valence-corrected chi connectivity index (χ4v) is 2.63. The molecule has 0 bridgehead atoms. The highest BCUT2D eigenvalue weighted by Gasteiger charge is 2.41. The van der Waals surface area contributed by atoms with Crippen molar-refractivity contribution in [3.8, 4) is 0 Å². The van der Waals surface area contributed by atoms with Gasteiger partial charge in [0, 0.05) is 22.8 Å². The SMILES string of the molecule is Nc1cccc(Cl)c1CN1CCC(C(F)(F)F)CC1. The number of benzene rings is 1. The summed E-state index contributed by atoms with van der Waals surface area (Å²) in [7, 11) is 0. The lowest BCUT2D eigenvalue weighted by molar-refractivity contribution is -0.185. The average molecular weight is 293 g/mol. The number of hydrogen-bond donors (Lipinski definition) is 1. The van der Waals surface area contributed by atoms with Gasteiger partial charge in [-0.25, -0.2) is 0 Å². The van der Waals surface area contributed by atoms with E-state index >= 15 is 0 Å². The van der Waals surface area contributed by atoms with Gasteiger partial charge in [0.05, 0.1) is 5.92 Å². The van der Waals surface area contributed by atoms with Crippen LogP contribution in [0.2, 0.25) is 5.02 Å². The lowest BCUT2D eigenvalue weighted by Crippen LogP contribution is -2.38. The molecule has 1 saturated heterocycles. The van der Waals surface area contributed by atoms with E-state index in [0.29, 0.717) is 30.3 Å². The highest BCUT2D eigenvalue weighted by Crippen LogP contribution is 2.35. The maximum Gasteiger partial charge on any atom is 0.391 e. The quantitative estimate of drug-likeness (QED) is 0.842. The number of piperidine rings is 1. The summed E-state index contributed by atoms with van der Waals surface area (Å²) in [5, 5.41) is 0.568. The Morgan fingerprint density at radius 2 is 1.89 bits per heavy atom. The van der Waals surface area contributed by atoms with E-state index in [2.05, 4.69) is 0 Å². The lowest BCUT2D eigenvalue weighted by atomic mass is 9.96. The van der Waals surface area contributed by atoms with Crippen LogP contribution in [0.3, 0.4) is 0 Å². The second kappa shape index (κ2) is 5.59. The van der Waals surface area contributed by atoms with Gasteiger partial charge in [0.25, 0.3) is 0 Å². The van der Waals surface area contributed by atoms with E-state index in [4.69, 9.17) is 17.3 Å². The summed E-state index contributed by atoms with van der Waals surface area (Å²) in [6, 6.07) is 5.26. The van der Waals surface area contributed by atoms with E-state index in [1.54, 1.807) is 18.2 Å². The Kier molecular flexibility index (Phi) is 4.26. The van der Waals surface area contributed by atoms with Gasteiger partial charge in [0.1, 0.15) is 0 Å². The molecule has 0 saturated carbocycles. The van der Waals surface area contributed by atoms with Crippen LogP contribution in [0.1, 0.15) is 18.4 Å². The Balaban J connectivity index is 1.96. The molecule has 19 heavy (non-hydrogen) atoms. The monoisotopic (exact) mass is 292 g/mol. The molecule has 0 spiro atoms. The third-order valence-corrected chi connectivity index (χ3v) is 3.94. The van der Waals surface area contributed by atoms with Gasteiger partial charge in [-0.1, -0.05) is 17.7 Å². The molecule has 0 atom stereocenters. The van der Waals surface area contributed by atoms with Gasteiger partial charge in [-0.3, -0.25) is 4.90 Å². The molecule has 0 radical (unpaired) electrons. The standard InChI is InChI=1S/C13H16ClF3N2/c14-11-2-1-3-12(18)10(11)8-19-6-4-9(5-7-19)13(15,16)17/h1-3,9H,4-8,18H2. The predicted molar refractivity (Wildman–Crippen MR) is 69.9 cm³/mol. The van der Waals surface area contributed by atoms with E-state index in [0.717, 1.165) is 5.56 Å². The topological polar surface area (TPSA) is 29.3 Å². The molecule has 0 aromatic heterocycles. The molecule has 2 nitrogen and oxygen atoms in total. The summed E-state index contributed by atoms with van der Waals surface area (Å²) >= 11 is 6.06. The summed E-state index contributed by atoms with van der Waals surface area (Å²) in [5.41, 5.74) is 7.23. The first-order valence-electron chi connectivity index (χ1n) is 6.20. The summed E-state index contributed by atoms with van der Waals surface area (Å²) < 4.78 is 37.7. The van der Waals surface area contributed by atoms with Crippen molar-refractivity contribution in [2.75, 3.05) is 18.8 Å². The van der Waals surface area contributed by atoms with Crippen molar-refractivity contribution in [3.05, 3.63) is 28.8 Å². The molecule has 6 heteroatoms. The van der Waals surface area contributed by atoms with Crippen LogP contribution < -0.4 is 5.73 Å². The van der Waals surface area contributed by atoms with Crippen molar-refractivity contribution in [3.63, 3.8) is 0 Å². The first-order valence-corrected chi connectivity index (χ1v) is 6.57. The summed E-state index contributed by atoms with van der Waals surface area (Å²) in [4.78, 5) is 1.97. The fourth-order valence-electron chi connectivity index (χ4n) is 2.38. The molecule has 2 N–H and O–H groups in total. The van der Waals surface area contributed by atoms with Crippen molar-refractivity contribution in [2.45, 2.75) is 25.6 Å². The zero-order chi connectivity index (χ0) is 14.0. The van der Waals surface area contributed by atoms with Gasteiger partial charge in [-0.05, 0) is 38.1 Å². The Labute approximate surface area is 115 Å². The Bertz CT molecular complexity index is 420. The molecule has 1 aliphatic heterocycles. The molecular formula is C13H16ClF3N2. The highest BCUT2D eigenvalue weighted by atomic mass is 35.5. The van der Waals surface area contributed by atoms with Gasteiger partial charge >= 0.3 is 6.18 Å². The Morgan fingerprint density at radius 1 is 1.26 bits per heavy atom. The van der Waals surface area contributed by atoms with E-state index in [9.17, 15) is 13.2 Å². The maximum absolute atomic E-state index is 12.6. The normalized spacial score (nSPS) is 18.7. The second-order valence-electron chi connectivity index (χ2n) is 4.90. The van der Waals surface area contributed by atoms with Crippen molar-refractivity contribution in [1.29, 1.82) is 0 Å². The first kappa shape index (κ1) is 14.5. The summed E-state index contributed by atoms with van der Waals surface area (Å²) in [5.74, 6) is -1.17. The molecular weight excluding hydrogens is 277 g/mol. The largest absolute Gasteiger partial charge is 0.398 e. The van der Waals surface area contributed by atoms with Crippen LogP contribution in [-0.4, -0.2) is 24.2 Å². The molecule has 2 rings (SSSR count). The minimum absolute atomic E-state index is 0.147. The van der Waals surface area contributed by atoms with E-state index < -0.39 is 12.1 Å². The van der Waals surface area contributed by atoms with Crippen molar-refractivity contribution in [2.24, 2.45) is 5.92 Å². The lowest BCUT2D eigenvalue weighted by Gasteiger charge is -2.33. The summed E-state index contributed by atoms with van der Waals surface area (Å²) in [6.45, 7) is 1.36. The fraction of sp³-hybridized carbons (Fsp3) is 0.538. The van der Waals surface area contributed by atoms with E-state index in [1.165, 1.54) is 0 Å². The molecule has 1 aliphatic rings. The van der Waals surface area contributed by atoms with E-state index in [1.807, 2.05) is 4.90 Å². The van der Waals surface area contributed by atoms with Crippen molar-refractivity contribution >= 4 is 17.3 Å². The van der Waals surface area contributed by atoms with Crippen LogP contribution in [0.25, 0.3) is 0 Å². The number of nitrogen functional groups attached to an aromatic ring is 1. The molecule has 1 fully saturated rings. The van der Waals surface area contributed by atoms with Crippen LogP contribution in [-0.2, 0) is 6.54 Å². The molecule has 0 unspecified atom stereocenters. The number of alkyl halides is 3. The van der Waals surface area contributed by atoms with Gasteiger partial charge in [0.2, 0.25) is 0 Å². The number of nitrogens with two attached hydrogens (primary N) is 1. The highest BCUT2D eigenvalue weighted by molar-refractivity contribution is 6.31. The number of nitrogens with zero attached hydrogens (tertiary/aromatic N) is 1. The van der Waals surface area contributed by atoms with Crippen LogP contribution in [0.4, 0.5) is 18.9 Å². The maximum atomic E-state index is 12.6. The molecule has 0 aliphatic carbocycles. The molecule has 1 aromatic carbocycles. The van der Waals surface area contributed by atoms with Crippen LogP contribution >= 0.6 is 11.6 Å². The minimum atomic E-state index is -4.07. The number of anilines is 1. The smallest absolute Gasteiger partial charge is 0.391 e. The number of halogens is 4. The molecule has 1 heterocycles. The molecule has 0 amide bonds. The molecule has 106 valence electrons. The number of rotatable bonds is 2. The second-order valence-corrected chi connectivity index (χ2v) is 5.31. The van der Waals surface area contributed by atoms with E-state index in [-0.39, 0.29) is 12.8 Å². The van der Waals surface area contributed by atoms with Gasteiger partial charge in [0.15, 0.2) is 0 Å². The zero-order valence-corrected chi connectivity index (χ0v) is 11.1. The predicted octanol–water partition coefficient (Wildman–Crippen LogP) is 3.70. The third kappa shape index (κ3) is 3.54. The van der Waals surface area contributed by atoms with Crippen molar-refractivity contribution < 1.29 is 13.2 Å². The number of likely N-dealkylation sites (tertiary alicyclic amines) is 1. The van der Waals surface area contributed by atoms with Gasteiger partial charge in [-0.15, -0.1) is 0 Å². The van der Waals surface area contributed by atoms with Crippen molar-refractivity contribution in [1.82, 2.24) is 4.90 Å². The Morgan fingerprint density at radius 3 is 2.42 bits per heavy atom. The van der Waals surface area contributed by atoms with Gasteiger partial charge in [-0.2, -0.15) is 13.2 Å². The number of hydrogen-bond acceptors (Lipinski definition) is 2. The van der Waals surface area contributed by atoms with Gasteiger partial charge < -0.3 is 5.73 Å². The zero-order valence-electron chi connectivity index (χ0n) is 10.4. The third-order valence-electron chi connectivity index (χ3n) is 3.59. The van der Waals surface area contributed by atoms with Crippen LogP contribution in [0.5, 0.6) is 0 Å². The Hall–Kier alpha value is -0.940. The first-order chi connectivity index (χ1) is 8.88. The summed E-state index contributed by atoms with van der Waals surface area (Å²) in [6.07, 6.45) is -3.78. The minimum Gasteiger partial charge on any atom is -0.398 e. The average Bonchev–Trinajstić information content (AvgIpc) is 2.33. The van der Waals surface area contributed by atoms with Crippen LogP contribution in [0.15, 0.2) is 18.2 Å².